The first-order chi connectivity index (χ1) is 15.0. The Balaban J connectivity index is 1.87. The first-order valence-corrected chi connectivity index (χ1v) is 10.4. The van der Waals surface area contributed by atoms with Crippen molar-refractivity contribution in [2.75, 3.05) is 19.1 Å². The first kappa shape index (κ1) is 19.5. The number of methoxy groups -OCH3 is 2. The fourth-order valence-corrected chi connectivity index (χ4v) is 4.59. The van der Waals surface area contributed by atoms with Crippen LogP contribution in [0.5, 0.6) is 11.5 Å². The number of benzene rings is 2. The molecule has 10 heteroatoms. The number of halogens is 1. The molecule has 0 fully saturated rings. The van der Waals surface area contributed by atoms with Crippen molar-refractivity contribution in [1.29, 1.82) is 0 Å². The van der Waals surface area contributed by atoms with E-state index in [1.807, 2.05) is 0 Å². The first-order valence-electron chi connectivity index (χ1n) is 9.12. The van der Waals surface area contributed by atoms with E-state index in [9.17, 15) is 9.59 Å². The van der Waals surface area contributed by atoms with Crippen molar-refractivity contribution >= 4 is 44.9 Å². The summed E-state index contributed by atoms with van der Waals surface area (Å²) in [5, 5.41) is 8.90. The van der Waals surface area contributed by atoms with Gasteiger partial charge in [-0.3, -0.25) is 14.5 Å². The topological polar surface area (TPSA) is 94.8 Å². The quantitative estimate of drug-likeness (QED) is 0.457. The van der Waals surface area contributed by atoms with Gasteiger partial charge in [0, 0.05) is 10.6 Å². The van der Waals surface area contributed by atoms with Crippen molar-refractivity contribution < 1.29 is 18.7 Å². The summed E-state index contributed by atoms with van der Waals surface area (Å²) in [6, 6.07) is 9.12. The zero-order valence-corrected chi connectivity index (χ0v) is 17.9. The highest BCUT2D eigenvalue weighted by Gasteiger charge is 2.46. The molecular weight excluding hydrogens is 442 g/mol. The Morgan fingerprint density at radius 2 is 2.00 bits per heavy atom. The van der Waals surface area contributed by atoms with E-state index in [1.54, 1.807) is 30.3 Å². The molecule has 3 heterocycles. The number of nitrogens with zero attached hydrogens (tertiary/aromatic N) is 3. The molecule has 2 aromatic carbocycles. The van der Waals surface area contributed by atoms with E-state index in [0.717, 1.165) is 0 Å². The molecule has 0 spiro atoms. The summed E-state index contributed by atoms with van der Waals surface area (Å²) in [5.41, 5.74) is 2.17. The van der Waals surface area contributed by atoms with Crippen LogP contribution in [0.3, 0.4) is 0 Å². The molecule has 2 aromatic heterocycles. The number of hydrogen-bond donors (Lipinski definition) is 0. The Kier molecular flexibility index (Phi) is 4.64. The van der Waals surface area contributed by atoms with Gasteiger partial charge in [0.15, 0.2) is 16.9 Å². The number of carbonyl (C=O) groups excluding carboxylic acids is 1. The average Bonchev–Trinajstić information content (AvgIpc) is 3.40. The summed E-state index contributed by atoms with van der Waals surface area (Å²) in [5.74, 6) is 0.322. The minimum atomic E-state index is -0.847. The number of fused-ring (bicyclic) bond motifs is 2. The number of rotatable bonds is 4. The van der Waals surface area contributed by atoms with E-state index in [-0.39, 0.29) is 27.7 Å². The third-order valence-electron chi connectivity index (χ3n) is 5.11. The second-order valence-electron chi connectivity index (χ2n) is 6.70. The summed E-state index contributed by atoms with van der Waals surface area (Å²) >= 11 is 7.28. The van der Waals surface area contributed by atoms with Gasteiger partial charge in [-0.1, -0.05) is 35.1 Å². The van der Waals surface area contributed by atoms with Crippen molar-refractivity contribution in [3.05, 3.63) is 74.0 Å². The molecule has 8 nitrogen and oxygen atoms in total. The predicted octanol–water partition coefficient (Wildman–Crippen LogP) is 4.06. The molecule has 156 valence electrons. The summed E-state index contributed by atoms with van der Waals surface area (Å²) in [6.07, 6.45) is 0. The summed E-state index contributed by atoms with van der Waals surface area (Å²) in [4.78, 5) is 28.4. The van der Waals surface area contributed by atoms with E-state index >= 15 is 0 Å². The fraction of sp³-hybridized carbons (Fsp3) is 0.143. The second-order valence-corrected chi connectivity index (χ2v) is 7.94. The van der Waals surface area contributed by atoms with Gasteiger partial charge >= 0.3 is 0 Å². The van der Waals surface area contributed by atoms with Gasteiger partial charge in [0.2, 0.25) is 10.9 Å². The Morgan fingerprint density at radius 1 is 1.16 bits per heavy atom. The van der Waals surface area contributed by atoms with Crippen LogP contribution in [0, 0.1) is 0 Å². The third kappa shape index (κ3) is 2.88. The number of ether oxygens (including phenoxy) is 2. The normalized spacial score (nSPS) is 15.4. The van der Waals surface area contributed by atoms with Crippen molar-refractivity contribution in [2.24, 2.45) is 0 Å². The number of anilines is 1. The lowest BCUT2D eigenvalue weighted by Crippen LogP contribution is -2.29. The molecule has 5 rings (SSSR count). The molecule has 0 unspecified atom stereocenters. The molecule has 1 atom stereocenters. The maximum atomic E-state index is 13.6. The molecule has 0 saturated heterocycles. The van der Waals surface area contributed by atoms with Crippen molar-refractivity contribution in [2.45, 2.75) is 6.04 Å². The molecule has 31 heavy (non-hydrogen) atoms. The number of aromatic nitrogens is 2. The number of hydrogen-bond acceptors (Lipinski definition) is 8. The summed E-state index contributed by atoms with van der Waals surface area (Å²) < 4.78 is 16.9. The molecule has 0 radical (unpaired) electrons. The lowest BCUT2D eigenvalue weighted by molar-refractivity contribution is 0.0970. The Bertz CT molecular complexity index is 1390. The Morgan fingerprint density at radius 3 is 2.71 bits per heavy atom. The molecule has 1 amide bonds. The zero-order valence-electron chi connectivity index (χ0n) is 16.3. The van der Waals surface area contributed by atoms with Gasteiger partial charge in [-0.05, 0) is 24.3 Å². The van der Waals surface area contributed by atoms with Crippen LogP contribution in [0.15, 0.2) is 51.1 Å². The van der Waals surface area contributed by atoms with Crippen molar-refractivity contribution in [3.8, 4) is 11.5 Å². The monoisotopic (exact) mass is 455 g/mol. The maximum absolute atomic E-state index is 13.6. The van der Waals surface area contributed by atoms with Crippen LogP contribution in [0.1, 0.15) is 27.7 Å². The average molecular weight is 456 g/mol. The van der Waals surface area contributed by atoms with Gasteiger partial charge in [0.05, 0.1) is 25.2 Å². The van der Waals surface area contributed by atoms with Crippen molar-refractivity contribution in [3.63, 3.8) is 0 Å². The standard InChI is InChI=1S/C21H14ClN3O5S/c1-28-14-5-3-4-11(18(14)29-2)16-15-17(26)12-8-10(22)6-7-13(12)30-19(15)20(27)25(16)21-24-23-9-31-21/h3-9,16H,1-2H3/t16-/m1/s1. The zero-order chi connectivity index (χ0) is 21.7. The van der Waals surface area contributed by atoms with Crippen LogP contribution >= 0.6 is 22.9 Å². The van der Waals surface area contributed by atoms with Crippen LogP contribution in [-0.4, -0.2) is 30.3 Å². The van der Waals surface area contributed by atoms with E-state index < -0.39 is 11.9 Å². The van der Waals surface area contributed by atoms with Gasteiger partial charge in [0.1, 0.15) is 17.1 Å². The highest BCUT2D eigenvalue weighted by Crippen LogP contribution is 2.46. The molecule has 4 aromatic rings. The SMILES string of the molecule is COc1cccc([C@@H]2c3c(oc4ccc(Cl)cc4c3=O)C(=O)N2c2nncs2)c1OC. The van der Waals surface area contributed by atoms with E-state index in [0.29, 0.717) is 27.2 Å². The minimum absolute atomic E-state index is 0.0510. The number of amides is 1. The fourth-order valence-electron chi connectivity index (χ4n) is 3.84. The molecule has 0 aliphatic carbocycles. The van der Waals surface area contributed by atoms with Crippen LogP contribution in [0.25, 0.3) is 11.0 Å². The van der Waals surface area contributed by atoms with E-state index in [2.05, 4.69) is 10.2 Å². The molecule has 0 N–H and O–H groups in total. The van der Waals surface area contributed by atoms with E-state index in [4.69, 9.17) is 25.5 Å². The maximum Gasteiger partial charge on any atom is 0.297 e. The third-order valence-corrected chi connectivity index (χ3v) is 6.04. The smallest absolute Gasteiger partial charge is 0.297 e. The second kappa shape index (κ2) is 7.36. The van der Waals surface area contributed by atoms with Gasteiger partial charge in [0.25, 0.3) is 5.91 Å². The molecular formula is C21H14ClN3O5S. The van der Waals surface area contributed by atoms with Crippen LogP contribution < -0.4 is 19.8 Å². The number of carbonyl (C=O) groups is 1. The van der Waals surface area contributed by atoms with Gasteiger partial charge in [-0.25, -0.2) is 0 Å². The molecule has 0 saturated carbocycles. The van der Waals surface area contributed by atoms with Gasteiger partial charge < -0.3 is 13.9 Å². The minimum Gasteiger partial charge on any atom is -0.493 e. The van der Waals surface area contributed by atoms with Gasteiger partial charge in [-0.15, -0.1) is 10.2 Å². The largest absolute Gasteiger partial charge is 0.493 e. The van der Waals surface area contributed by atoms with Crippen LogP contribution in [0.4, 0.5) is 5.13 Å². The van der Waals surface area contributed by atoms with Crippen LogP contribution in [-0.2, 0) is 0 Å². The highest BCUT2D eigenvalue weighted by atomic mass is 35.5. The highest BCUT2D eigenvalue weighted by molar-refractivity contribution is 7.13. The molecule has 0 bridgehead atoms. The summed E-state index contributed by atoms with van der Waals surface area (Å²) in [6.45, 7) is 0. The van der Waals surface area contributed by atoms with Crippen LogP contribution in [0.2, 0.25) is 5.02 Å². The lowest BCUT2D eigenvalue weighted by Gasteiger charge is -2.24. The Labute approximate surface area is 184 Å². The summed E-state index contributed by atoms with van der Waals surface area (Å²) in [7, 11) is 3.01. The number of para-hydroxylation sites is 1. The van der Waals surface area contributed by atoms with Crippen molar-refractivity contribution in [1.82, 2.24) is 10.2 Å². The van der Waals surface area contributed by atoms with E-state index in [1.165, 1.54) is 42.0 Å². The Hall–Kier alpha value is -3.43. The molecule has 1 aliphatic heterocycles. The lowest BCUT2D eigenvalue weighted by atomic mass is 9.97. The van der Waals surface area contributed by atoms with Gasteiger partial charge in [-0.2, -0.15) is 0 Å². The molecule has 1 aliphatic rings. The predicted molar refractivity (Wildman–Crippen MR) is 116 cm³/mol.